The molecule has 1 saturated carbocycles. The van der Waals surface area contributed by atoms with Crippen molar-refractivity contribution in [1.29, 1.82) is 0 Å². The summed E-state index contributed by atoms with van der Waals surface area (Å²) in [5.74, 6) is -0.918. The summed E-state index contributed by atoms with van der Waals surface area (Å²) in [7, 11) is 0. The smallest absolute Gasteiger partial charge is 0.407 e. The molecule has 0 aromatic heterocycles. The number of benzene rings is 2. The van der Waals surface area contributed by atoms with Crippen molar-refractivity contribution in [3.8, 4) is 11.1 Å². The molecule has 4 rings (SSSR count). The van der Waals surface area contributed by atoms with E-state index in [0.29, 0.717) is 25.1 Å². The van der Waals surface area contributed by atoms with E-state index in [2.05, 4.69) is 34.9 Å². The van der Waals surface area contributed by atoms with Gasteiger partial charge in [0.1, 0.15) is 12.6 Å². The fourth-order valence-electron chi connectivity index (χ4n) is 4.42. The number of alkyl carbamates (subject to hydrolysis) is 1. The van der Waals surface area contributed by atoms with Crippen LogP contribution in [0.3, 0.4) is 0 Å². The molecule has 0 aliphatic heterocycles. The first kappa shape index (κ1) is 23.2. The lowest BCUT2D eigenvalue weighted by Crippen LogP contribution is -2.48. The lowest BCUT2D eigenvalue weighted by Gasteiger charge is -2.19. The molecule has 0 heterocycles. The molecule has 2 aliphatic carbocycles. The number of aliphatic carboxylic acids is 1. The first-order chi connectivity index (χ1) is 16.0. The zero-order valence-corrected chi connectivity index (χ0v) is 19.3. The number of carboxylic acid groups (broad SMARTS) is 1. The van der Waals surface area contributed by atoms with E-state index in [0.717, 1.165) is 22.3 Å². The van der Waals surface area contributed by atoms with Gasteiger partial charge in [-0.3, -0.25) is 9.59 Å². The molecule has 8 heteroatoms. The summed E-state index contributed by atoms with van der Waals surface area (Å²) in [6.07, 6.45) is 2.34. The standard InChI is InChI=1S/C25H28N2O5S/c1-33-11-10-22(23(28)26-13-15-12-20(15)24(29)30)27-25(31)32-14-21-18-8-4-2-6-16(18)17-7-3-5-9-19(17)21/h2-9,15,20-22H,10-14H2,1H3,(H,26,28)(H,27,31)(H,29,30)/t15-,20-,22-/m0/s1. The number of hydrogen-bond acceptors (Lipinski definition) is 5. The molecule has 3 N–H and O–H groups in total. The third-order valence-corrected chi connectivity index (χ3v) is 6.99. The van der Waals surface area contributed by atoms with Crippen LogP contribution in [0.25, 0.3) is 11.1 Å². The monoisotopic (exact) mass is 468 g/mol. The van der Waals surface area contributed by atoms with Crippen LogP contribution in [0, 0.1) is 11.8 Å². The molecule has 3 atom stereocenters. The minimum atomic E-state index is -0.829. The van der Waals surface area contributed by atoms with Crippen LogP contribution < -0.4 is 10.6 Å². The van der Waals surface area contributed by atoms with Crippen molar-refractivity contribution in [3.63, 3.8) is 0 Å². The Labute approximate surface area is 197 Å². The summed E-state index contributed by atoms with van der Waals surface area (Å²) in [5.41, 5.74) is 4.55. The summed E-state index contributed by atoms with van der Waals surface area (Å²) >= 11 is 1.58. The van der Waals surface area contributed by atoms with Crippen LogP contribution in [-0.4, -0.2) is 54.3 Å². The Morgan fingerprint density at radius 3 is 2.30 bits per heavy atom. The Hall–Kier alpha value is -3.00. The molecule has 2 aliphatic rings. The Morgan fingerprint density at radius 2 is 1.73 bits per heavy atom. The van der Waals surface area contributed by atoms with E-state index in [4.69, 9.17) is 9.84 Å². The number of thioether (sulfide) groups is 1. The second-order valence-corrected chi connectivity index (χ2v) is 9.48. The molecule has 0 saturated heterocycles. The highest BCUT2D eigenvalue weighted by molar-refractivity contribution is 7.98. The average Bonchev–Trinajstić information content (AvgIpc) is 3.54. The predicted molar refractivity (Wildman–Crippen MR) is 127 cm³/mol. The predicted octanol–water partition coefficient (Wildman–Crippen LogP) is 3.48. The van der Waals surface area contributed by atoms with E-state index in [1.807, 2.05) is 30.5 Å². The van der Waals surface area contributed by atoms with Gasteiger partial charge in [-0.05, 0) is 53.0 Å². The van der Waals surface area contributed by atoms with Gasteiger partial charge in [-0.25, -0.2) is 4.79 Å². The molecule has 0 unspecified atom stereocenters. The lowest BCUT2D eigenvalue weighted by molar-refractivity contribution is -0.139. The maximum atomic E-state index is 12.6. The van der Waals surface area contributed by atoms with Gasteiger partial charge in [-0.15, -0.1) is 0 Å². The SMILES string of the molecule is CSCC[C@H](NC(=O)OCC1c2ccccc2-c2ccccc21)C(=O)NC[C@@H]1C[C@@H]1C(=O)O. The maximum absolute atomic E-state index is 12.6. The highest BCUT2D eigenvalue weighted by Gasteiger charge is 2.43. The molecule has 33 heavy (non-hydrogen) atoms. The summed E-state index contributed by atoms with van der Waals surface area (Å²) in [5, 5.41) is 14.5. The minimum absolute atomic E-state index is 0.0397. The summed E-state index contributed by atoms with van der Waals surface area (Å²) in [4.78, 5) is 36.2. The normalized spacial score (nSPS) is 19.2. The van der Waals surface area contributed by atoms with Crippen LogP contribution in [0.2, 0.25) is 0 Å². The molecule has 174 valence electrons. The van der Waals surface area contributed by atoms with Gasteiger partial charge in [0, 0.05) is 12.5 Å². The molecule has 0 radical (unpaired) electrons. The molecule has 0 spiro atoms. The molecule has 2 amide bonds. The van der Waals surface area contributed by atoms with Crippen LogP contribution in [0.1, 0.15) is 29.9 Å². The first-order valence-electron chi connectivity index (χ1n) is 11.1. The van der Waals surface area contributed by atoms with Crippen molar-refractivity contribution >= 4 is 29.7 Å². The lowest BCUT2D eigenvalue weighted by atomic mass is 9.98. The third-order valence-electron chi connectivity index (χ3n) is 6.34. The van der Waals surface area contributed by atoms with Crippen molar-refractivity contribution in [2.75, 3.05) is 25.2 Å². The quantitative estimate of drug-likeness (QED) is 0.493. The summed E-state index contributed by atoms with van der Waals surface area (Å²) in [6.45, 7) is 0.483. The van der Waals surface area contributed by atoms with Gasteiger partial charge in [-0.2, -0.15) is 11.8 Å². The summed E-state index contributed by atoms with van der Waals surface area (Å²) < 4.78 is 5.57. The number of carbonyl (C=O) groups excluding carboxylic acids is 2. The van der Waals surface area contributed by atoms with Crippen molar-refractivity contribution < 1.29 is 24.2 Å². The van der Waals surface area contributed by atoms with E-state index < -0.39 is 18.1 Å². The minimum Gasteiger partial charge on any atom is -0.481 e. The zero-order valence-electron chi connectivity index (χ0n) is 18.5. The van der Waals surface area contributed by atoms with E-state index >= 15 is 0 Å². The van der Waals surface area contributed by atoms with Crippen LogP contribution in [0.4, 0.5) is 4.79 Å². The van der Waals surface area contributed by atoms with E-state index in [1.165, 1.54) is 0 Å². The van der Waals surface area contributed by atoms with Gasteiger partial charge in [0.25, 0.3) is 0 Å². The van der Waals surface area contributed by atoms with E-state index in [-0.39, 0.29) is 30.3 Å². The molecule has 0 bridgehead atoms. The number of carbonyl (C=O) groups is 3. The van der Waals surface area contributed by atoms with E-state index in [9.17, 15) is 14.4 Å². The number of hydrogen-bond donors (Lipinski definition) is 3. The number of ether oxygens (including phenoxy) is 1. The Kier molecular flexibility index (Phi) is 7.23. The maximum Gasteiger partial charge on any atom is 0.407 e. The van der Waals surface area contributed by atoms with Gasteiger partial charge < -0.3 is 20.5 Å². The van der Waals surface area contributed by atoms with Gasteiger partial charge in [0.05, 0.1) is 5.92 Å². The van der Waals surface area contributed by atoms with Crippen LogP contribution >= 0.6 is 11.8 Å². The van der Waals surface area contributed by atoms with Gasteiger partial charge in [0.15, 0.2) is 0 Å². The van der Waals surface area contributed by atoms with E-state index in [1.54, 1.807) is 11.8 Å². The summed E-state index contributed by atoms with van der Waals surface area (Å²) in [6, 6.07) is 15.5. The fourth-order valence-corrected chi connectivity index (χ4v) is 4.89. The molecular weight excluding hydrogens is 440 g/mol. The van der Waals surface area contributed by atoms with Gasteiger partial charge in [-0.1, -0.05) is 48.5 Å². The van der Waals surface area contributed by atoms with Crippen molar-refractivity contribution in [2.24, 2.45) is 11.8 Å². The van der Waals surface area contributed by atoms with Gasteiger partial charge >= 0.3 is 12.1 Å². The largest absolute Gasteiger partial charge is 0.481 e. The number of nitrogens with one attached hydrogen (secondary N) is 2. The Bertz CT molecular complexity index is 997. The Morgan fingerprint density at radius 1 is 1.09 bits per heavy atom. The van der Waals surface area contributed by atoms with Crippen molar-refractivity contribution in [1.82, 2.24) is 10.6 Å². The average molecular weight is 469 g/mol. The van der Waals surface area contributed by atoms with Crippen LogP contribution in [-0.2, 0) is 14.3 Å². The third kappa shape index (κ3) is 5.33. The van der Waals surface area contributed by atoms with Crippen molar-refractivity contribution in [3.05, 3.63) is 59.7 Å². The number of carboxylic acids is 1. The second kappa shape index (κ2) is 10.3. The van der Waals surface area contributed by atoms with Crippen LogP contribution in [0.5, 0.6) is 0 Å². The highest BCUT2D eigenvalue weighted by Crippen LogP contribution is 2.44. The highest BCUT2D eigenvalue weighted by atomic mass is 32.2. The number of fused-ring (bicyclic) bond motifs is 3. The number of amides is 2. The topological polar surface area (TPSA) is 105 Å². The second-order valence-electron chi connectivity index (χ2n) is 8.49. The molecule has 2 aromatic rings. The molecular formula is C25H28N2O5S. The fraction of sp³-hybridized carbons (Fsp3) is 0.400. The zero-order chi connectivity index (χ0) is 23.4. The molecule has 7 nitrogen and oxygen atoms in total. The molecule has 1 fully saturated rings. The molecule has 2 aromatic carbocycles. The van der Waals surface area contributed by atoms with Crippen molar-refractivity contribution in [2.45, 2.75) is 24.8 Å². The van der Waals surface area contributed by atoms with Gasteiger partial charge in [0.2, 0.25) is 5.91 Å². The van der Waals surface area contributed by atoms with Crippen LogP contribution in [0.15, 0.2) is 48.5 Å². The first-order valence-corrected chi connectivity index (χ1v) is 12.5. The number of rotatable bonds is 10. The Balaban J connectivity index is 1.34.